The first kappa shape index (κ1) is 18.2. The lowest BCUT2D eigenvalue weighted by atomic mass is 10.1. The van der Waals surface area contributed by atoms with Crippen molar-refractivity contribution in [2.75, 3.05) is 6.54 Å². The van der Waals surface area contributed by atoms with Crippen molar-refractivity contribution in [2.45, 2.75) is 25.7 Å². The molecular weight excluding hydrogens is 423 g/mol. The smallest absolute Gasteiger partial charge is 0.451 e. The summed E-state index contributed by atoms with van der Waals surface area (Å²) in [5.41, 5.74) is 2.19. The summed E-state index contributed by atoms with van der Waals surface area (Å²) in [6.07, 6.45) is -2.77. The molecule has 3 heterocycles. The molecule has 140 valence electrons. The predicted octanol–water partition coefficient (Wildman–Crippen LogP) is 5.08. The number of halogens is 4. The van der Waals surface area contributed by atoms with Gasteiger partial charge < -0.3 is 4.42 Å². The van der Waals surface area contributed by atoms with Crippen LogP contribution in [0.3, 0.4) is 0 Å². The largest absolute Gasteiger partial charge is 0.460 e. The number of hydrogen-bond donors (Lipinski definition) is 0. The lowest BCUT2D eigenvalue weighted by Gasteiger charge is -2.27. The van der Waals surface area contributed by atoms with Gasteiger partial charge in [0, 0.05) is 41.3 Å². The zero-order valence-corrected chi connectivity index (χ0v) is 15.7. The molecule has 0 saturated heterocycles. The molecule has 1 aromatic carbocycles. The molecular formula is C19H15BrF3N3O. The molecule has 0 unspecified atom stereocenters. The Balaban J connectivity index is 1.45. The molecule has 0 atom stereocenters. The van der Waals surface area contributed by atoms with Crippen LogP contribution < -0.4 is 0 Å². The Morgan fingerprint density at radius 1 is 1.11 bits per heavy atom. The van der Waals surface area contributed by atoms with Gasteiger partial charge in [-0.1, -0.05) is 28.1 Å². The SMILES string of the molecule is FC(F)(F)c1ncc2c(n1)CCN(Cc1ccc(-c3ccc(Br)cc3)o1)C2. The highest BCUT2D eigenvalue weighted by Crippen LogP contribution is 2.29. The van der Waals surface area contributed by atoms with Crippen LogP contribution in [0.15, 0.2) is 51.5 Å². The maximum absolute atomic E-state index is 12.7. The Bertz CT molecular complexity index is 954. The number of aromatic nitrogens is 2. The maximum Gasteiger partial charge on any atom is 0.451 e. The Hall–Kier alpha value is -2.19. The van der Waals surface area contributed by atoms with Gasteiger partial charge in [-0.05, 0) is 24.3 Å². The van der Waals surface area contributed by atoms with E-state index in [0.717, 1.165) is 27.1 Å². The van der Waals surface area contributed by atoms with Gasteiger partial charge in [-0.3, -0.25) is 4.90 Å². The highest BCUT2D eigenvalue weighted by atomic mass is 79.9. The van der Waals surface area contributed by atoms with Crippen molar-refractivity contribution in [2.24, 2.45) is 0 Å². The first-order chi connectivity index (χ1) is 12.9. The Labute approximate surface area is 162 Å². The van der Waals surface area contributed by atoms with Gasteiger partial charge in [-0.25, -0.2) is 9.97 Å². The first-order valence-corrected chi connectivity index (χ1v) is 9.17. The molecule has 0 fully saturated rings. The van der Waals surface area contributed by atoms with E-state index in [1.807, 2.05) is 36.4 Å². The van der Waals surface area contributed by atoms with E-state index >= 15 is 0 Å². The molecule has 0 amide bonds. The van der Waals surface area contributed by atoms with Crippen LogP contribution in [0, 0.1) is 0 Å². The van der Waals surface area contributed by atoms with Crippen LogP contribution in [0.5, 0.6) is 0 Å². The van der Waals surface area contributed by atoms with Crippen LogP contribution >= 0.6 is 15.9 Å². The van der Waals surface area contributed by atoms with Crippen molar-refractivity contribution in [1.29, 1.82) is 0 Å². The van der Waals surface area contributed by atoms with Crippen LogP contribution in [0.4, 0.5) is 13.2 Å². The van der Waals surface area contributed by atoms with E-state index in [4.69, 9.17) is 4.42 Å². The Kier molecular flexibility index (Phi) is 4.77. The van der Waals surface area contributed by atoms with Crippen LogP contribution in [-0.4, -0.2) is 21.4 Å². The molecule has 0 saturated carbocycles. The summed E-state index contributed by atoms with van der Waals surface area (Å²) in [4.78, 5) is 9.27. The molecule has 2 aromatic heterocycles. The van der Waals surface area contributed by atoms with Crippen LogP contribution in [0.25, 0.3) is 11.3 Å². The van der Waals surface area contributed by atoms with Crippen LogP contribution in [0.1, 0.15) is 22.8 Å². The van der Waals surface area contributed by atoms with Gasteiger partial charge in [-0.2, -0.15) is 13.2 Å². The van der Waals surface area contributed by atoms with Gasteiger partial charge in [0.05, 0.1) is 12.2 Å². The first-order valence-electron chi connectivity index (χ1n) is 8.37. The maximum atomic E-state index is 12.7. The van der Waals surface area contributed by atoms with Gasteiger partial charge in [0.15, 0.2) is 0 Å². The summed E-state index contributed by atoms with van der Waals surface area (Å²) in [6.45, 7) is 1.70. The topological polar surface area (TPSA) is 42.2 Å². The van der Waals surface area contributed by atoms with Crippen molar-refractivity contribution in [3.05, 3.63) is 69.9 Å². The standard InChI is InChI=1S/C19H15BrF3N3O/c20-14-3-1-12(2-4-14)17-6-5-15(27-17)11-26-8-7-16-13(10-26)9-24-18(25-16)19(21,22)23/h1-6,9H,7-8,10-11H2. The second-order valence-electron chi connectivity index (χ2n) is 6.40. The number of benzene rings is 1. The second-order valence-corrected chi connectivity index (χ2v) is 7.31. The van der Waals surface area contributed by atoms with E-state index in [-0.39, 0.29) is 0 Å². The fourth-order valence-corrected chi connectivity index (χ4v) is 3.36. The lowest BCUT2D eigenvalue weighted by Crippen LogP contribution is -2.31. The number of alkyl halides is 3. The molecule has 0 aliphatic carbocycles. The molecule has 1 aliphatic heterocycles. The highest BCUT2D eigenvalue weighted by Gasteiger charge is 2.35. The molecule has 0 spiro atoms. The third kappa shape index (κ3) is 4.06. The number of furan rings is 1. The van der Waals surface area contributed by atoms with Crippen LogP contribution in [-0.2, 0) is 25.7 Å². The van der Waals surface area contributed by atoms with Crippen molar-refractivity contribution in [3.8, 4) is 11.3 Å². The average Bonchev–Trinajstić information content (AvgIpc) is 3.09. The second kappa shape index (κ2) is 7.09. The minimum Gasteiger partial charge on any atom is -0.460 e. The van der Waals surface area contributed by atoms with E-state index in [9.17, 15) is 13.2 Å². The Morgan fingerprint density at radius 2 is 1.89 bits per heavy atom. The van der Waals surface area contributed by atoms with Gasteiger partial charge >= 0.3 is 6.18 Å². The fraction of sp³-hybridized carbons (Fsp3) is 0.263. The summed E-state index contributed by atoms with van der Waals surface area (Å²) >= 11 is 3.41. The summed E-state index contributed by atoms with van der Waals surface area (Å²) in [6, 6.07) is 11.7. The number of rotatable bonds is 3. The molecule has 4 nitrogen and oxygen atoms in total. The lowest BCUT2D eigenvalue weighted by molar-refractivity contribution is -0.145. The molecule has 8 heteroatoms. The number of hydrogen-bond acceptors (Lipinski definition) is 4. The fourth-order valence-electron chi connectivity index (χ4n) is 3.10. The van der Waals surface area contributed by atoms with Gasteiger partial charge in [0.25, 0.3) is 0 Å². The van der Waals surface area contributed by atoms with Gasteiger partial charge in [-0.15, -0.1) is 0 Å². The zero-order valence-electron chi connectivity index (χ0n) is 14.1. The van der Waals surface area contributed by atoms with Crippen molar-refractivity contribution in [3.63, 3.8) is 0 Å². The molecule has 4 rings (SSSR count). The van der Waals surface area contributed by atoms with E-state index in [1.54, 1.807) is 0 Å². The average molecular weight is 438 g/mol. The number of nitrogens with zero attached hydrogens (tertiary/aromatic N) is 3. The van der Waals surface area contributed by atoms with Crippen molar-refractivity contribution in [1.82, 2.24) is 14.9 Å². The summed E-state index contributed by atoms with van der Waals surface area (Å²) in [5.74, 6) is 0.525. The monoisotopic (exact) mass is 437 g/mol. The van der Waals surface area contributed by atoms with E-state index in [2.05, 4.69) is 30.8 Å². The normalized spacial score (nSPS) is 15.0. The van der Waals surface area contributed by atoms with Crippen molar-refractivity contribution >= 4 is 15.9 Å². The molecule has 27 heavy (non-hydrogen) atoms. The zero-order chi connectivity index (χ0) is 19.0. The predicted molar refractivity (Wildman–Crippen MR) is 96.7 cm³/mol. The number of fused-ring (bicyclic) bond motifs is 1. The third-order valence-electron chi connectivity index (χ3n) is 4.44. The minimum absolute atomic E-state index is 0.460. The van der Waals surface area contributed by atoms with Gasteiger partial charge in [0.2, 0.25) is 5.82 Å². The molecule has 0 radical (unpaired) electrons. The van der Waals surface area contributed by atoms with E-state index in [0.29, 0.717) is 31.7 Å². The third-order valence-corrected chi connectivity index (χ3v) is 4.97. The van der Waals surface area contributed by atoms with E-state index < -0.39 is 12.0 Å². The van der Waals surface area contributed by atoms with Gasteiger partial charge in [0.1, 0.15) is 11.5 Å². The molecule has 0 bridgehead atoms. The van der Waals surface area contributed by atoms with Crippen LogP contribution in [0.2, 0.25) is 0 Å². The summed E-state index contributed by atoms with van der Waals surface area (Å²) in [5, 5.41) is 0. The molecule has 1 aliphatic rings. The minimum atomic E-state index is -4.51. The van der Waals surface area contributed by atoms with Crippen molar-refractivity contribution < 1.29 is 17.6 Å². The quantitative estimate of drug-likeness (QED) is 0.573. The molecule has 0 N–H and O–H groups in total. The Morgan fingerprint density at radius 3 is 2.63 bits per heavy atom. The summed E-state index contributed by atoms with van der Waals surface area (Å²) in [7, 11) is 0. The highest BCUT2D eigenvalue weighted by molar-refractivity contribution is 9.10. The molecule has 3 aromatic rings. The summed E-state index contributed by atoms with van der Waals surface area (Å²) < 4.78 is 45.1. The van der Waals surface area contributed by atoms with E-state index in [1.165, 1.54) is 6.20 Å².